The second-order valence-corrected chi connectivity index (χ2v) is 8.27. The van der Waals surface area contributed by atoms with Crippen LogP contribution in [0.1, 0.15) is 47.6 Å². The van der Waals surface area contributed by atoms with Crippen molar-refractivity contribution >= 4 is 11.8 Å². The first kappa shape index (κ1) is 19.2. The Morgan fingerprint density at radius 1 is 1.17 bits per heavy atom. The van der Waals surface area contributed by atoms with Gasteiger partial charge in [-0.15, -0.1) is 0 Å². The van der Waals surface area contributed by atoms with Crippen LogP contribution in [0.4, 0.5) is 8.78 Å². The van der Waals surface area contributed by atoms with Gasteiger partial charge in [0.15, 0.2) is 5.60 Å². The topological polar surface area (TPSA) is 67.7 Å². The average Bonchev–Trinajstić information content (AvgIpc) is 3.38. The predicted molar refractivity (Wildman–Crippen MR) is 101 cm³/mol. The molecule has 1 aromatic carbocycles. The van der Waals surface area contributed by atoms with Crippen LogP contribution in [-0.2, 0) is 16.6 Å². The molecule has 30 heavy (non-hydrogen) atoms. The van der Waals surface area contributed by atoms with Crippen molar-refractivity contribution < 1.29 is 23.1 Å². The van der Waals surface area contributed by atoms with E-state index in [4.69, 9.17) is 4.74 Å². The van der Waals surface area contributed by atoms with Gasteiger partial charge in [0.05, 0.1) is 17.8 Å². The molecule has 158 valence electrons. The first-order chi connectivity index (χ1) is 14.4. The number of ether oxygens (including phenoxy) is 1. The summed E-state index contributed by atoms with van der Waals surface area (Å²) >= 11 is 0. The smallest absolute Gasteiger partial charge is 0.257 e. The number of likely N-dealkylation sites (tertiary alicyclic amines) is 1. The van der Waals surface area contributed by atoms with Crippen molar-refractivity contribution in [3.63, 3.8) is 0 Å². The number of hydrogen-bond acceptors (Lipinski definition) is 4. The highest BCUT2D eigenvalue weighted by Crippen LogP contribution is 2.47. The van der Waals surface area contributed by atoms with Crippen LogP contribution in [0, 0.1) is 11.6 Å². The third-order valence-corrected chi connectivity index (χ3v) is 6.40. The Balaban J connectivity index is 1.32. The zero-order valence-electron chi connectivity index (χ0n) is 16.6. The molecule has 0 N–H and O–H groups in total. The highest BCUT2D eigenvalue weighted by Gasteiger charge is 2.58. The third-order valence-electron chi connectivity index (χ3n) is 6.40. The molecule has 0 radical (unpaired) electrons. The summed E-state index contributed by atoms with van der Waals surface area (Å²) < 4.78 is 35.2. The molecule has 5 rings (SSSR count). The summed E-state index contributed by atoms with van der Waals surface area (Å²) in [7, 11) is 1.75. The lowest BCUT2D eigenvalue weighted by Gasteiger charge is -2.37. The molecular weight excluding hydrogens is 394 g/mol. The van der Waals surface area contributed by atoms with Crippen molar-refractivity contribution in [3.05, 3.63) is 53.4 Å². The summed E-state index contributed by atoms with van der Waals surface area (Å²) in [5.74, 6) is -1.57. The fourth-order valence-corrected chi connectivity index (χ4v) is 4.93. The molecule has 9 heteroatoms. The summed E-state index contributed by atoms with van der Waals surface area (Å²) in [5.41, 5.74) is -0.00453. The van der Waals surface area contributed by atoms with Crippen molar-refractivity contribution in [2.24, 2.45) is 7.05 Å². The van der Waals surface area contributed by atoms with Gasteiger partial charge >= 0.3 is 0 Å². The van der Waals surface area contributed by atoms with Gasteiger partial charge in [0.1, 0.15) is 17.9 Å². The molecule has 2 aromatic rings. The van der Waals surface area contributed by atoms with Crippen LogP contribution < -0.4 is 0 Å². The lowest BCUT2D eigenvalue weighted by molar-refractivity contribution is -0.142. The monoisotopic (exact) mass is 416 g/mol. The summed E-state index contributed by atoms with van der Waals surface area (Å²) in [6, 6.07) is 2.99. The van der Waals surface area contributed by atoms with Crippen molar-refractivity contribution in [1.82, 2.24) is 19.6 Å². The van der Waals surface area contributed by atoms with Gasteiger partial charge in [0.25, 0.3) is 11.8 Å². The number of benzene rings is 1. The van der Waals surface area contributed by atoms with Crippen LogP contribution in [0.5, 0.6) is 0 Å². The van der Waals surface area contributed by atoms with Gasteiger partial charge < -0.3 is 14.5 Å². The Morgan fingerprint density at radius 2 is 1.87 bits per heavy atom. The summed E-state index contributed by atoms with van der Waals surface area (Å²) in [6.07, 6.45) is 4.82. The molecule has 3 fully saturated rings. The van der Waals surface area contributed by atoms with Crippen molar-refractivity contribution in [1.29, 1.82) is 0 Å². The van der Waals surface area contributed by atoms with Gasteiger partial charge in [-0.05, 0) is 30.5 Å². The van der Waals surface area contributed by atoms with Crippen LogP contribution in [0.15, 0.2) is 30.6 Å². The van der Waals surface area contributed by atoms with E-state index in [2.05, 4.69) is 5.10 Å². The average molecular weight is 416 g/mol. The van der Waals surface area contributed by atoms with Crippen molar-refractivity contribution in [3.8, 4) is 0 Å². The fourth-order valence-electron chi connectivity index (χ4n) is 4.93. The van der Waals surface area contributed by atoms with Gasteiger partial charge in [-0.1, -0.05) is 0 Å². The van der Waals surface area contributed by atoms with Crippen molar-refractivity contribution in [2.75, 3.05) is 13.1 Å². The number of nitrogens with zero attached hydrogens (tertiary/aromatic N) is 4. The number of carbonyl (C=O) groups is 2. The van der Waals surface area contributed by atoms with E-state index in [9.17, 15) is 18.4 Å². The minimum atomic E-state index is -0.971. The molecule has 3 saturated heterocycles. The molecule has 0 aliphatic carbocycles. The van der Waals surface area contributed by atoms with Crippen molar-refractivity contribution in [2.45, 2.75) is 43.6 Å². The normalized spacial score (nSPS) is 25.2. The number of aromatic nitrogens is 2. The van der Waals surface area contributed by atoms with E-state index in [1.807, 2.05) is 0 Å². The SMILES string of the molecule is Cn1cc(C(=O)N2CCC3(CC2)OC2CCC(c4cc(F)cc(F)c4)N2C3=O)cn1. The summed E-state index contributed by atoms with van der Waals surface area (Å²) in [5, 5.41) is 4.03. The predicted octanol–water partition coefficient (Wildman–Crippen LogP) is 2.39. The highest BCUT2D eigenvalue weighted by molar-refractivity contribution is 5.94. The molecule has 0 bridgehead atoms. The Bertz CT molecular complexity index is 995. The lowest BCUT2D eigenvalue weighted by Crippen LogP contribution is -2.51. The second kappa shape index (κ2) is 6.87. The number of fused-ring (bicyclic) bond motifs is 1. The number of amides is 2. The van der Waals surface area contributed by atoms with Crippen LogP contribution in [-0.4, -0.2) is 56.3 Å². The quantitative estimate of drug-likeness (QED) is 0.754. The van der Waals surface area contributed by atoms with Gasteiger partial charge in [-0.2, -0.15) is 5.10 Å². The maximum atomic E-state index is 13.7. The molecule has 2 unspecified atom stereocenters. The van der Waals surface area contributed by atoms with E-state index < -0.39 is 29.5 Å². The molecular formula is C21H22F2N4O3. The number of aryl methyl sites for hydroxylation is 1. The largest absolute Gasteiger partial charge is 0.342 e. The number of carbonyl (C=O) groups excluding carboxylic acids is 2. The minimum absolute atomic E-state index is 0.114. The van der Waals surface area contributed by atoms with E-state index >= 15 is 0 Å². The first-order valence-electron chi connectivity index (χ1n) is 10.1. The molecule has 2 atom stereocenters. The van der Waals surface area contributed by atoms with Crippen LogP contribution in [0.2, 0.25) is 0 Å². The number of piperidine rings is 1. The second-order valence-electron chi connectivity index (χ2n) is 8.27. The minimum Gasteiger partial charge on any atom is -0.342 e. The number of halogens is 2. The first-order valence-corrected chi connectivity index (χ1v) is 10.1. The van der Waals surface area contributed by atoms with E-state index in [0.29, 0.717) is 49.9 Å². The Labute approximate surface area is 172 Å². The molecule has 3 aliphatic heterocycles. The summed E-state index contributed by atoms with van der Waals surface area (Å²) in [4.78, 5) is 29.4. The van der Waals surface area contributed by atoms with E-state index in [-0.39, 0.29) is 11.8 Å². The van der Waals surface area contributed by atoms with Gasteiger partial charge in [-0.25, -0.2) is 8.78 Å². The molecule has 4 heterocycles. The molecule has 3 aliphatic rings. The Morgan fingerprint density at radius 3 is 2.50 bits per heavy atom. The third kappa shape index (κ3) is 2.99. The molecule has 7 nitrogen and oxygen atoms in total. The molecule has 2 amide bonds. The highest BCUT2D eigenvalue weighted by atomic mass is 19.1. The Hall–Kier alpha value is -2.81. The van der Waals surface area contributed by atoms with E-state index in [1.165, 1.54) is 18.3 Å². The lowest BCUT2D eigenvalue weighted by atomic mass is 9.89. The molecule has 1 aromatic heterocycles. The van der Waals surface area contributed by atoms with Crippen LogP contribution >= 0.6 is 0 Å². The zero-order chi connectivity index (χ0) is 21.0. The maximum absolute atomic E-state index is 13.7. The zero-order valence-corrected chi connectivity index (χ0v) is 16.6. The standard InChI is InChI=1S/C21H22F2N4O3/c1-25-12-14(11-24-25)19(28)26-6-4-21(5-7-26)20(29)27-17(2-3-18(27)30-21)13-8-15(22)10-16(23)9-13/h8-12,17-18H,2-7H2,1H3. The fraction of sp³-hybridized carbons (Fsp3) is 0.476. The van der Waals surface area contributed by atoms with Gasteiger partial charge in [0.2, 0.25) is 0 Å². The van der Waals surface area contributed by atoms with E-state index in [1.54, 1.807) is 27.7 Å². The van der Waals surface area contributed by atoms with Gasteiger partial charge in [0, 0.05) is 45.2 Å². The number of hydrogen-bond donors (Lipinski definition) is 0. The Kier molecular flexibility index (Phi) is 4.39. The van der Waals surface area contributed by atoms with Crippen LogP contribution in [0.3, 0.4) is 0 Å². The van der Waals surface area contributed by atoms with E-state index in [0.717, 1.165) is 6.07 Å². The summed E-state index contributed by atoms with van der Waals surface area (Å²) in [6.45, 7) is 0.804. The van der Waals surface area contributed by atoms with Crippen LogP contribution in [0.25, 0.3) is 0 Å². The molecule has 1 spiro atoms. The molecule has 0 saturated carbocycles. The number of rotatable bonds is 2. The maximum Gasteiger partial charge on any atom is 0.257 e. The van der Waals surface area contributed by atoms with Gasteiger partial charge in [-0.3, -0.25) is 14.3 Å².